The normalized spacial score (nSPS) is 17.7. The van der Waals surface area contributed by atoms with Gasteiger partial charge >= 0.3 is 0 Å². The Hall–Kier alpha value is -3.88. The molecule has 2 unspecified atom stereocenters. The van der Waals surface area contributed by atoms with Gasteiger partial charge in [-0.2, -0.15) is 0 Å². The van der Waals surface area contributed by atoms with Crippen molar-refractivity contribution in [2.24, 2.45) is 0 Å². The highest BCUT2D eigenvalue weighted by Crippen LogP contribution is 2.51. The number of hydrogen-bond donors (Lipinski definition) is 1. The summed E-state index contributed by atoms with van der Waals surface area (Å²) in [7, 11) is 0. The van der Waals surface area contributed by atoms with Crippen molar-refractivity contribution in [3.05, 3.63) is 132 Å². The molecule has 6 rings (SSSR count). The van der Waals surface area contributed by atoms with Crippen LogP contribution in [0.25, 0.3) is 21.5 Å². The van der Waals surface area contributed by atoms with Crippen LogP contribution < -0.4 is 9.80 Å². The van der Waals surface area contributed by atoms with Crippen molar-refractivity contribution < 1.29 is 4.90 Å². The fourth-order valence-corrected chi connectivity index (χ4v) is 13.1. The van der Waals surface area contributed by atoms with Crippen molar-refractivity contribution in [3.63, 3.8) is 0 Å². The molecule has 0 saturated heterocycles. The molecular formula is C71H107N2+. The van der Waals surface area contributed by atoms with Crippen LogP contribution in [0.15, 0.2) is 121 Å². The van der Waals surface area contributed by atoms with Crippen LogP contribution in [0.2, 0.25) is 0 Å². The monoisotopic (exact) mass is 988 g/mol. The zero-order chi connectivity index (χ0) is 51.4. The molecule has 2 nitrogen and oxygen atoms in total. The van der Waals surface area contributed by atoms with Gasteiger partial charge in [0.1, 0.15) is 11.7 Å². The molecule has 2 aliphatic heterocycles. The first kappa shape index (κ1) is 58.4. The van der Waals surface area contributed by atoms with Gasteiger partial charge in [0, 0.05) is 35.0 Å². The van der Waals surface area contributed by atoms with Crippen LogP contribution in [0.4, 0.5) is 11.4 Å². The van der Waals surface area contributed by atoms with Crippen LogP contribution >= 0.6 is 0 Å². The number of nitrogens with one attached hydrogen (secondary N) is 1. The largest absolute Gasteiger partial charge is 0.344 e. The maximum atomic E-state index is 2.67. The van der Waals surface area contributed by atoms with Crippen LogP contribution in [0.1, 0.15) is 258 Å². The standard InChI is InChI=1S/C71H106N2/c1-7-9-11-13-15-17-19-21-23-25-27-29-31-33-38-46-58-72-64-56-54-60-48-42-44-50-62(60)68(64)70(3,4)66(72)52-40-36-35-37-41-53-67-71(5,6)69-63-51-45-43-49-61(63)55-57-65(69)73(67)59-47-39-34-32-30-28-26-24-22-20-18-16-14-12-10-8-2/h35-37,40-45,48-57,66H,7-34,38-39,46-47,58-59H2,1-6H3/p+1/b36-35+,41-37+,52-40+,67-53+. The Kier molecular flexibility index (Phi) is 26.0. The van der Waals surface area contributed by atoms with Gasteiger partial charge in [-0.05, 0) is 84.5 Å². The Morgan fingerprint density at radius 2 is 0.836 bits per heavy atom. The SMILES string of the molecule is CCCCCCCCCCCCCCCCCCN1/C(=C/C=C/C=C/C=C/C2[NH+](CCCCCCCCCCCCCCCCCC)c3ccc4ccccc4c3C2(C)C)C(C)(C)c2c1ccc1ccccc21. The number of anilines is 1. The second-order valence-electron chi connectivity index (χ2n) is 24.0. The molecule has 0 amide bonds. The first-order chi connectivity index (χ1) is 35.8. The third-order valence-corrected chi connectivity index (χ3v) is 17.4. The molecule has 4 aromatic rings. The molecule has 0 spiro atoms. The highest BCUT2D eigenvalue weighted by molar-refractivity contribution is 5.95. The second kappa shape index (κ2) is 32.5. The van der Waals surface area contributed by atoms with Gasteiger partial charge in [-0.15, -0.1) is 0 Å². The molecule has 0 saturated carbocycles. The van der Waals surface area contributed by atoms with Crippen LogP contribution in [0.5, 0.6) is 0 Å². The second-order valence-corrected chi connectivity index (χ2v) is 24.0. The van der Waals surface area contributed by atoms with Gasteiger partial charge in [-0.3, -0.25) is 4.90 Å². The average molecular weight is 989 g/mol. The third-order valence-electron chi connectivity index (χ3n) is 17.4. The van der Waals surface area contributed by atoms with E-state index < -0.39 is 0 Å². The van der Waals surface area contributed by atoms with Crippen molar-refractivity contribution in [3.8, 4) is 0 Å². The lowest BCUT2D eigenvalue weighted by atomic mass is 9.78. The van der Waals surface area contributed by atoms with Crippen molar-refractivity contribution in [1.29, 1.82) is 0 Å². The molecule has 2 heterocycles. The molecule has 2 aliphatic rings. The van der Waals surface area contributed by atoms with Crippen molar-refractivity contribution >= 4 is 32.9 Å². The Balaban J connectivity index is 0.999. The van der Waals surface area contributed by atoms with Gasteiger partial charge in [0.05, 0.1) is 12.0 Å². The lowest BCUT2D eigenvalue weighted by Crippen LogP contribution is -3.10. The molecule has 0 aromatic heterocycles. The molecule has 1 N–H and O–H groups in total. The number of rotatable bonds is 38. The fraction of sp³-hybridized carbons (Fsp3) is 0.606. The zero-order valence-electron chi connectivity index (χ0n) is 48.0. The Morgan fingerprint density at radius 3 is 1.34 bits per heavy atom. The van der Waals surface area contributed by atoms with Gasteiger partial charge in [0.25, 0.3) is 0 Å². The van der Waals surface area contributed by atoms with Crippen LogP contribution in [-0.4, -0.2) is 19.1 Å². The third kappa shape index (κ3) is 17.6. The van der Waals surface area contributed by atoms with Crippen molar-refractivity contribution in [2.45, 2.75) is 264 Å². The molecular weight excluding hydrogens is 881 g/mol. The maximum absolute atomic E-state index is 2.67. The summed E-state index contributed by atoms with van der Waals surface area (Å²) in [6, 6.07) is 28.1. The zero-order valence-corrected chi connectivity index (χ0v) is 48.0. The molecule has 2 atom stereocenters. The predicted octanol–water partition coefficient (Wildman–Crippen LogP) is 21.0. The van der Waals surface area contributed by atoms with E-state index in [2.05, 4.69) is 162 Å². The minimum absolute atomic E-state index is 0.0360. The summed E-state index contributed by atoms with van der Waals surface area (Å²) in [4.78, 5) is 4.32. The smallest absolute Gasteiger partial charge is 0.136 e. The van der Waals surface area contributed by atoms with Gasteiger partial charge in [-0.25, -0.2) is 0 Å². The predicted molar refractivity (Wildman–Crippen MR) is 325 cm³/mol. The van der Waals surface area contributed by atoms with Gasteiger partial charge in [-0.1, -0.05) is 299 Å². The molecule has 400 valence electrons. The lowest BCUT2D eigenvalue weighted by Gasteiger charge is -2.27. The average Bonchev–Trinajstić information content (AvgIpc) is 3.75. The van der Waals surface area contributed by atoms with Gasteiger partial charge < -0.3 is 4.90 Å². The Labute approximate surface area is 449 Å². The number of hydrogen-bond acceptors (Lipinski definition) is 1. The minimum atomic E-state index is -0.0783. The van der Waals surface area contributed by atoms with E-state index in [4.69, 9.17) is 0 Å². The highest BCUT2D eigenvalue weighted by atomic mass is 15.2. The summed E-state index contributed by atoms with van der Waals surface area (Å²) >= 11 is 0. The molecule has 73 heavy (non-hydrogen) atoms. The Bertz CT molecular complexity index is 2280. The summed E-state index contributed by atoms with van der Waals surface area (Å²) in [5.41, 5.74) is 7.35. The summed E-state index contributed by atoms with van der Waals surface area (Å²) in [5.74, 6) is 0. The fourth-order valence-electron chi connectivity index (χ4n) is 13.1. The number of fused-ring (bicyclic) bond motifs is 6. The number of nitrogens with zero attached hydrogens (tertiary/aromatic N) is 1. The van der Waals surface area contributed by atoms with E-state index in [1.807, 2.05) is 0 Å². The quantitative estimate of drug-likeness (QED) is 0.0347. The van der Waals surface area contributed by atoms with Crippen LogP contribution in [0, 0.1) is 0 Å². The van der Waals surface area contributed by atoms with Gasteiger partial charge in [0.15, 0.2) is 0 Å². The van der Waals surface area contributed by atoms with E-state index >= 15 is 0 Å². The van der Waals surface area contributed by atoms with E-state index in [1.165, 1.54) is 256 Å². The summed E-state index contributed by atoms with van der Waals surface area (Å²) in [6.45, 7) is 16.8. The number of benzene rings is 4. The summed E-state index contributed by atoms with van der Waals surface area (Å²) in [5, 5.41) is 5.54. The van der Waals surface area contributed by atoms with E-state index in [9.17, 15) is 0 Å². The molecule has 4 aromatic carbocycles. The molecule has 0 aliphatic carbocycles. The summed E-state index contributed by atoms with van der Waals surface area (Å²) in [6.07, 6.45) is 61.4. The number of unbranched alkanes of at least 4 members (excludes halogenated alkanes) is 30. The molecule has 0 bridgehead atoms. The van der Waals surface area contributed by atoms with Crippen LogP contribution in [-0.2, 0) is 10.8 Å². The highest BCUT2D eigenvalue weighted by Gasteiger charge is 2.48. The molecule has 0 radical (unpaired) electrons. The maximum Gasteiger partial charge on any atom is 0.136 e. The van der Waals surface area contributed by atoms with E-state index in [-0.39, 0.29) is 10.8 Å². The Morgan fingerprint density at radius 1 is 0.425 bits per heavy atom. The molecule has 0 fully saturated rings. The summed E-state index contributed by atoms with van der Waals surface area (Å²) < 4.78 is 0. The van der Waals surface area contributed by atoms with Gasteiger partial charge in [0.2, 0.25) is 0 Å². The first-order valence-corrected chi connectivity index (χ1v) is 31.2. The lowest BCUT2D eigenvalue weighted by molar-refractivity contribution is -0.850. The molecule has 2 heteroatoms. The first-order valence-electron chi connectivity index (χ1n) is 31.2. The van der Waals surface area contributed by atoms with Crippen LogP contribution in [0.3, 0.4) is 0 Å². The van der Waals surface area contributed by atoms with Crippen molar-refractivity contribution in [2.75, 3.05) is 18.0 Å². The van der Waals surface area contributed by atoms with E-state index in [0.29, 0.717) is 6.04 Å². The van der Waals surface area contributed by atoms with E-state index in [0.717, 1.165) is 6.54 Å². The number of allylic oxidation sites excluding steroid dienone is 7. The topological polar surface area (TPSA) is 7.68 Å². The minimum Gasteiger partial charge on any atom is -0.344 e. The number of quaternary nitrogens is 1. The van der Waals surface area contributed by atoms with Crippen molar-refractivity contribution in [1.82, 2.24) is 0 Å². The van der Waals surface area contributed by atoms with E-state index in [1.54, 1.807) is 10.5 Å².